The van der Waals surface area contributed by atoms with Gasteiger partial charge in [0.15, 0.2) is 17.5 Å². The molecule has 31 heavy (non-hydrogen) atoms. The van der Waals surface area contributed by atoms with Crippen molar-refractivity contribution in [1.29, 1.82) is 0 Å². The fourth-order valence-corrected chi connectivity index (χ4v) is 6.14. The second kappa shape index (κ2) is 7.99. The van der Waals surface area contributed by atoms with Gasteiger partial charge in [-0.3, -0.25) is 0 Å². The lowest BCUT2D eigenvalue weighted by Gasteiger charge is -2.32. The zero-order chi connectivity index (χ0) is 21.6. The predicted molar refractivity (Wildman–Crippen MR) is 117 cm³/mol. The molecule has 5 rings (SSSR count). The van der Waals surface area contributed by atoms with E-state index in [1.807, 2.05) is 0 Å². The van der Waals surface area contributed by atoms with Gasteiger partial charge in [-0.2, -0.15) is 0 Å². The molecule has 1 saturated heterocycles. The number of halogens is 2. The van der Waals surface area contributed by atoms with Crippen molar-refractivity contribution in [3.63, 3.8) is 0 Å². The van der Waals surface area contributed by atoms with Crippen molar-refractivity contribution >= 4 is 38.5 Å². The van der Waals surface area contributed by atoms with E-state index in [1.54, 1.807) is 22.8 Å². The van der Waals surface area contributed by atoms with Crippen LogP contribution < -0.4 is 5.32 Å². The Bertz CT molecular complexity index is 1230. The van der Waals surface area contributed by atoms with Crippen LogP contribution in [-0.2, 0) is 10.0 Å². The van der Waals surface area contributed by atoms with Gasteiger partial charge in [0.25, 0.3) is 0 Å². The normalized spacial score (nSPS) is 20.3. The maximum Gasteiger partial charge on any atom is 0.216 e. The first-order valence-corrected chi connectivity index (χ1v) is 12.2. The van der Waals surface area contributed by atoms with E-state index in [9.17, 15) is 12.8 Å². The molecule has 2 N–H and O–H groups in total. The van der Waals surface area contributed by atoms with Crippen LogP contribution in [0.4, 0.5) is 10.2 Å². The molecule has 3 aromatic rings. The van der Waals surface area contributed by atoms with Gasteiger partial charge in [0.05, 0.1) is 16.5 Å². The number of sulfonamides is 1. The number of fused-ring (bicyclic) bond motifs is 1. The van der Waals surface area contributed by atoms with E-state index in [2.05, 4.69) is 25.3 Å². The fourth-order valence-electron chi connectivity index (χ4n) is 4.03. The molecule has 11 heteroatoms. The van der Waals surface area contributed by atoms with Crippen LogP contribution in [0.15, 0.2) is 24.7 Å². The summed E-state index contributed by atoms with van der Waals surface area (Å²) in [5.41, 5.74) is 1.31. The molecular formula is C20H22ClFN6O2S. The van der Waals surface area contributed by atoms with Gasteiger partial charge in [0.2, 0.25) is 10.0 Å². The molecule has 1 aliphatic heterocycles. The predicted octanol–water partition coefficient (Wildman–Crippen LogP) is 3.43. The van der Waals surface area contributed by atoms with Gasteiger partial charge in [0.1, 0.15) is 5.65 Å². The van der Waals surface area contributed by atoms with Crippen molar-refractivity contribution in [1.82, 2.24) is 24.2 Å². The van der Waals surface area contributed by atoms with Crippen molar-refractivity contribution in [3.05, 3.63) is 35.5 Å². The highest BCUT2D eigenvalue weighted by Gasteiger charge is 2.41. The first kappa shape index (κ1) is 20.6. The van der Waals surface area contributed by atoms with Gasteiger partial charge >= 0.3 is 0 Å². The Balaban J connectivity index is 1.32. The van der Waals surface area contributed by atoms with Crippen LogP contribution in [-0.4, -0.2) is 57.5 Å². The van der Waals surface area contributed by atoms with Crippen LogP contribution in [0.1, 0.15) is 25.7 Å². The number of aromatic amines is 1. The van der Waals surface area contributed by atoms with E-state index in [1.165, 1.54) is 0 Å². The van der Waals surface area contributed by atoms with E-state index in [0.29, 0.717) is 41.7 Å². The topological polar surface area (TPSA) is 104 Å². The average molecular weight is 465 g/mol. The molecule has 2 aliphatic rings. The largest absolute Gasteiger partial charge is 0.367 e. The number of H-pyrrole nitrogens is 1. The smallest absolute Gasteiger partial charge is 0.216 e. The van der Waals surface area contributed by atoms with Gasteiger partial charge in [-0.25, -0.2) is 32.1 Å². The van der Waals surface area contributed by atoms with Crippen LogP contribution in [0.25, 0.3) is 22.4 Å². The summed E-state index contributed by atoms with van der Waals surface area (Å²) in [6.45, 7) is 1.46. The molecule has 1 saturated carbocycles. The van der Waals surface area contributed by atoms with Crippen LogP contribution in [0.3, 0.4) is 0 Å². The monoisotopic (exact) mass is 464 g/mol. The zero-order valence-corrected chi connectivity index (χ0v) is 18.3. The van der Waals surface area contributed by atoms with Gasteiger partial charge in [-0.15, -0.1) is 0 Å². The minimum atomic E-state index is -3.19. The molecule has 1 atom stereocenters. The third-order valence-electron chi connectivity index (χ3n) is 5.83. The van der Waals surface area contributed by atoms with Crippen LogP contribution in [0.5, 0.6) is 0 Å². The van der Waals surface area contributed by atoms with Crippen LogP contribution >= 0.6 is 11.6 Å². The molecule has 8 nitrogen and oxygen atoms in total. The molecule has 0 aromatic carbocycles. The Labute approximate surface area is 184 Å². The van der Waals surface area contributed by atoms with Crippen molar-refractivity contribution in [2.24, 2.45) is 5.92 Å². The van der Waals surface area contributed by atoms with Gasteiger partial charge in [-0.1, -0.05) is 11.6 Å². The van der Waals surface area contributed by atoms with Gasteiger partial charge in [0, 0.05) is 43.0 Å². The first-order chi connectivity index (χ1) is 14.9. The highest BCUT2D eigenvalue weighted by atomic mass is 35.5. The van der Waals surface area contributed by atoms with Crippen molar-refractivity contribution in [3.8, 4) is 11.4 Å². The SMILES string of the molecule is O=S(=O)(C1CC1)N1CCCC(CNc2nc(-c3c[nH]c4ncc(Cl)cc34)ncc2F)C1. The van der Waals surface area contributed by atoms with Gasteiger partial charge < -0.3 is 10.3 Å². The van der Waals surface area contributed by atoms with E-state index in [-0.39, 0.29) is 17.0 Å². The summed E-state index contributed by atoms with van der Waals surface area (Å²) in [4.78, 5) is 15.7. The van der Waals surface area contributed by atoms with Crippen molar-refractivity contribution in [2.75, 3.05) is 25.0 Å². The summed E-state index contributed by atoms with van der Waals surface area (Å²) in [5.74, 6) is -0.0217. The molecule has 0 radical (unpaired) electrons. The third kappa shape index (κ3) is 4.11. The molecule has 164 valence electrons. The summed E-state index contributed by atoms with van der Waals surface area (Å²) in [7, 11) is -3.19. The van der Waals surface area contributed by atoms with E-state index < -0.39 is 15.8 Å². The lowest BCUT2D eigenvalue weighted by Crippen LogP contribution is -2.43. The van der Waals surface area contributed by atoms with Crippen molar-refractivity contribution in [2.45, 2.75) is 30.9 Å². The number of pyridine rings is 1. The Hall–Kier alpha value is -2.30. The molecule has 4 heterocycles. The van der Waals surface area contributed by atoms with Crippen LogP contribution in [0.2, 0.25) is 5.02 Å². The maximum atomic E-state index is 14.4. The second-order valence-corrected chi connectivity index (χ2v) is 10.8. The number of anilines is 1. The third-order valence-corrected chi connectivity index (χ3v) is 8.40. The summed E-state index contributed by atoms with van der Waals surface area (Å²) in [6, 6.07) is 1.76. The number of hydrogen-bond donors (Lipinski definition) is 2. The lowest BCUT2D eigenvalue weighted by molar-refractivity contribution is 0.274. The standard InChI is InChI=1S/C20H22ClFN6O2S/c21-13-6-15-16(9-25-18(15)24-8-13)19-26-10-17(22)20(27-19)23-7-12-2-1-5-28(11-12)31(29,30)14-3-4-14/h6,8-10,12,14H,1-5,7,11H2,(H,24,25)(H,23,26,27). The van der Waals surface area contributed by atoms with Gasteiger partial charge in [-0.05, 0) is 37.7 Å². The number of piperidine rings is 1. The Morgan fingerprint density at radius 2 is 2.10 bits per heavy atom. The average Bonchev–Trinajstić information content (AvgIpc) is 3.55. The summed E-state index contributed by atoms with van der Waals surface area (Å²) >= 11 is 6.06. The number of hydrogen-bond acceptors (Lipinski definition) is 6. The first-order valence-electron chi connectivity index (χ1n) is 10.3. The number of nitrogens with zero attached hydrogens (tertiary/aromatic N) is 4. The minimum absolute atomic E-state index is 0.0937. The summed E-state index contributed by atoms with van der Waals surface area (Å²) in [5, 5.41) is 4.09. The molecule has 1 unspecified atom stereocenters. The Morgan fingerprint density at radius 3 is 2.90 bits per heavy atom. The minimum Gasteiger partial charge on any atom is -0.367 e. The number of nitrogens with one attached hydrogen (secondary N) is 2. The lowest BCUT2D eigenvalue weighted by atomic mass is 10.00. The Morgan fingerprint density at radius 1 is 1.26 bits per heavy atom. The fraction of sp³-hybridized carbons (Fsp3) is 0.450. The number of rotatable bonds is 6. The Kier molecular flexibility index (Phi) is 5.31. The molecular weight excluding hydrogens is 443 g/mol. The summed E-state index contributed by atoms with van der Waals surface area (Å²) in [6.07, 6.45) is 7.59. The number of aromatic nitrogens is 4. The maximum absolute atomic E-state index is 14.4. The highest BCUT2D eigenvalue weighted by molar-refractivity contribution is 7.90. The zero-order valence-electron chi connectivity index (χ0n) is 16.7. The van der Waals surface area contributed by atoms with Crippen LogP contribution in [0, 0.1) is 11.7 Å². The molecule has 3 aromatic heterocycles. The highest BCUT2D eigenvalue weighted by Crippen LogP contribution is 2.33. The molecule has 0 amide bonds. The van der Waals surface area contributed by atoms with E-state index in [4.69, 9.17) is 11.6 Å². The quantitative estimate of drug-likeness (QED) is 0.579. The molecule has 1 aliphatic carbocycles. The molecule has 0 bridgehead atoms. The van der Waals surface area contributed by atoms with E-state index in [0.717, 1.165) is 37.3 Å². The van der Waals surface area contributed by atoms with E-state index >= 15 is 0 Å². The summed E-state index contributed by atoms with van der Waals surface area (Å²) < 4.78 is 41.1. The molecule has 2 fully saturated rings. The molecule has 0 spiro atoms. The van der Waals surface area contributed by atoms with Crippen molar-refractivity contribution < 1.29 is 12.8 Å². The second-order valence-electron chi connectivity index (χ2n) is 8.13.